The lowest BCUT2D eigenvalue weighted by atomic mass is 10.1. The van der Waals surface area contributed by atoms with Crippen LogP contribution in [0.15, 0.2) is 30.0 Å². The van der Waals surface area contributed by atoms with Crippen molar-refractivity contribution in [3.05, 3.63) is 35.8 Å². The van der Waals surface area contributed by atoms with E-state index in [1.165, 1.54) is 17.8 Å². The van der Waals surface area contributed by atoms with E-state index in [1.54, 1.807) is 6.07 Å². The molecule has 0 amide bonds. The lowest BCUT2D eigenvalue weighted by Gasteiger charge is -2.14. The zero-order valence-corrected chi connectivity index (χ0v) is 8.46. The monoisotopic (exact) mass is 207 g/mol. The van der Waals surface area contributed by atoms with Crippen LogP contribution in [-0.4, -0.2) is 24.6 Å². The largest absolute Gasteiger partial charge is 0.366 e. The number of hydrogen-bond donors (Lipinski definition) is 2. The van der Waals surface area contributed by atoms with Crippen LogP contribution in [-0.2, 0) is 0 Å². The van der Waals surface area contributed by atoms with E-state index in [1.807, 2.05) is 0 Å². The second-order valence-corrected chi connectivity index (χ2v) is 3.53. The Balaban J connectivity index is 1.87. The highest BCUT2D eigenvalue weighted by molar-refractivity contribution is 5.35. The zero-order valence-electron chi connectivity index (χ0n) is 8.46. The number of nitrogens with zero attached hydrogens (tertiary/aromatic N) is 1. The Morgan fingerprint density at radius 2 is 2.40 bits per heavy atom. The van der Waals surface area contributed by atoms with E-state index < -0.39 is 0 Å². The fraction of sp³-hybridized carbons (Fsp3) is 0.364. The van der Waals surface area contributed by atoms with Crippen molar-refractivity contribution >= 4 is 5.82 Å². The molecule has 0 radical (unpaired) electrons. The Morgan fingerprint density at radius 1 is 1.47 bits per heavy atom. The first kappa shape index (κ1) is 10.1. The smallest absolute Gasteiger partial charge is 0.141 e. The number of hydrogen-bond acceptors (Lipinski definition) is 3. The van der Waals surface area contributed by atoms with Crippen molar-refractivity contribution in [1.29, 1.82) is 0 Å². The molecule has 0 saturated carbocycles. The third-order valence-corrected chi connectivity index (χ3v) is 2.38. The van der Waals surface area contributed by atoms with Crippen LogP contribution in [0.5, 0.6) is 0 Å². The van der Waals surface area contributed by atoms with E-state index >= 15 is 0 Å². The van der Waals surface area contributed by atoms with Crippen LogP contribution in [0, 0.1) is 5.82 Å². The second-order valence-electron chi connectivity index (χ2n) is 3.53. The van der Waals surface area contributed by atoms with E-state index in [4.69, 9.17) is 0 Å². The first-order valence-electron chi connectivity index (χ1n) is 5.08. The summed E-state index contributed by atoms with van der Waals surface area (Å²) in [6.45, 7) is 2.76. The molecule has 1 aromatic rings. The van der Waals surface area contributed by atoms with Gasteiger partial charge in [-0.3, -0.25) is 0 Å². The van der Waals surface area contributed by atoms with E-state index in [9.17, 15) is 4.39 Å². The minimum absolute atomic E-state index is 0.304. The summed E-state index contributed by atoms with van der Waals surface area (Å²) in [5.41, 5.74) is 1.37. The zero-order chi connectivity index (χ0) is 10.5. The Kier molecular flexibility index (Phi) is 3.29. The molecule has 0 spiro atoms. The molecule has 2 heterocycles. The van der Waals surface area contributed by atoms with Gasteiger partial charge in [0.2, 0.25) is 0 Å². The van der Waals surface area contributed by atoms with Crippen LogP contribution in [0.2, 0.25) is 0 Å². The summed E-state index contributed by atoms with van der Waals surface area (Å²) in [6.07, 6.45) is 4.47. The number of rotatable bonds is 3. The summed E-state index contributed by atoms with van der Waals surface area (Å²) < 4.78 is 12.6. The van der Waals surface area contributed by atoms with Gasteiger partial charge in [-0.2, -0.15) is 0 Å². The molecule has 1 aromatic heterocycles. The number of pyridine rings is 1. The highest BCUT2D eigenvalue weighted by Crippen LogP contribution is 2.07. The third kappa shape index (κ3) is 3.02. The third-order valence-electron chi connectivity index (χ3n) is 2.38. The van der Waals surface area contributed by atoms with Gasteiger partial charge in [0, 0.05) is 13.1 Å². The molecule has 80 valence electrons. The van der Waals surface area contributed by atoms with Gasteiger partial charge in [0.15, 0.2) is 0 Å². The first-order chi connectivity index (χ1) is 7.34. The van der Waals surface area contributed by atoms with Gasteiger partial charge in [-0.1, -0.05) is 11.6 Å². The normalized spacial score (nSPS) is 15.9. The minimum Gasteiger partial charge on any atom is -0.366 e. The summed E-state index contributed by atoms with van der Waals surface area (Å²) in [4.78, 5) is 3.93. The molecule has 0 atom stereocenters. The number of halogens is 1. The van der Waals surface area contributed by atoms with Crippen molar-refractivity contribution in [3.8, 4) is 0 Å². The molecule has 0 aromatic carbocycles. The van der Waals surface area contributed by atoms with E-state index in [0.717, 1.165) is 31.9 Å². The molecular formula is C11H14FN3. The maximum atomic E-state index is 12.6. The van der Waals surface area contributed by atoms with Gasteiger partial charge in [0.05, 0.1) is 6.20 Å². The van der Waals surface area contributed by atoms with Crippen LogP contribution >= 0.6 is 0 Å². The number of anilines is 1. The molecule has 0 aliphatic carbocycles. The van der Waals surface area contributed by atoms with Gasteiger partial charge >= 0.3 is 0 Å². The lowest BCUT2D eigenvalue weighted by molar-refractivity contribution is 0.621. The van der Waals surface area contributed by atoms with Crippen molar-refractivity contribution in [2.45, 2.75) is 6.42 Å². The molecule has 4 heteroatoms. The quantitative estimate of drug-likeness (QED) is 0.738. The predicted molar refractivity (Wildman–Crippen MR) is 58.3 cm³/mol. The number of aromatic nitrogens is 1. The minimum atomic E-state index is -0.304. The van der Waals surface area contributed by atoms with Gasteiger partial charge in [0.1, 0.15) is 11.6 Å². The molecule has 15 heavy (non-hydrogen) atoms. The van der Waals surface area contributed by atoms with Gasteiger partial charge in [-0.15, -0.1) is 0 Å². The van der Waals surface area contributed by atoms with Crippen LogP contribution in [0.25, 0.3) is 0 Å². The summed E-state index contributed by atoms with van der Waals surface area (Å²) in [5.74, 6) is 0.414. The Morgan fingerprint density at radius 3 is 3.07 bits per heavy atom. The topological polar surface area (TPSA) is 37.0 Å². The molecule has 3 nitrogen and oxygen atoms in total. The van der Waals surface area contributed by atoms with Gasteiger partial charge < -0.3 is 10.6 Å². The van der Waals surface area contributed by atoms with Gasteiger partial charge in [0.25, 0.3) is 0 Å². The first-order valence-corrected chi connectivity index (χ1v) is 5.08. The summed E-state index contributed by atoms with van der Waals surface area (Å²) >= 11 is 0. The molecule has 1 aliphatic rings. The molecule has 2 N–H and O–H groups in total. The van der Waals surface area contributed by atoms with Crippen molar-refractivity contribution in [2.24, 2.45) is 0 Å². The van der Waals surface area contributed by atoms with Crippen LogP contribution in [0.3, 0.4) is 0 Å². The number of nitrogens with one attached hydrogen (secondary N) is 2. The van der Waals surface area contributed by atoms with Crippen LogP contribution in [0.4, 0.5) is 10.2 Å². The molecular weight excluding hydrogens is 193 g/mol. The maximum absolute atomic E-state index is 12.6. The average molecular weight is 207 g/mol. The standard InChI is InChI=1S/C11H14FN3/c12-10-1-2-11(15-8-10)14-7-9-3-5-13-6-4-9/h1-3,8,13H,4-7H2,(H,14,15). The van der Waals surface area contributed by atoms with Gasteiger partial charge in [-0.25, -0.2) is 9.37 Å². The Bertz CT molecular complexity index is 345. The highest BCUT2D eigenvalue weighted by atomic mass is 19.1. The Hall–Kier alpha value is -1.42. The maximum Gasteiger partial charge on any atom is 0.141 e. The average Bonchev–Trinajstić information content (AvgIpc) is 2.30. The van der Waals surface area contributed by atoms with Gasteiger partial charge in [-0.05, 0) is 25.1 Å². The SMILES string of the molecule is Fc1ccc(NCC2=CCNCC2)nc1. The molecule has 0 saturated heterocycles. The van der Waals surface area contributed by atoms with Crippen molar-refractivity contribution in [3.63, 3.8) is 0 Å². The second kappa shape index (κ2) is 4.89. The summed E-state index contributed by atoms with van der Waals surface area (Å²) in [7, 11) is 0. The molecule has 1 aliphatic heterocycles. The fourth-order valence-corrected chi connectivity index (χ4v) is 1.51. The van der Waals surface area contributed by atoms with E-state index in [-0.39, 0.29) is 5.82 Å². The summed E-state index contributed by atoms with van der Waals surface area (Å²) in [6, 6.07) is 3.06. The van der Waals surface area contributed by atoms with Crippen LogP contribution < -0.4 is 10.6 Å². The molecule has 0 bridgehead atoms. The Labute approximate surface area is 88.4 Å². The molecule has 0 unspecified atom stereocenters. The molecule has 2 rings (SSSR count). The fourth-order valence-electron chi connectivity index (χ4n) is 1.51. The summed E-state index contributed by atoms with van der Waals surface area (Å²) in [5, 5.41) is 6.42. The predicted octanol–water partition coefficient (Wildman–Crippen LogP) is 1.55. The highest BCUT2D eigenvalue weighted by Gasteiger charge is 2.02. The van der Waals surface area contributed by atoms with E-state index in [2.05, 4.69) is 21.7 Å². The van der Waals surface area contributed by atoms with Crippen molar-refractivity contribution in [2.75, 3.05) is 25.0 Å². The van der Waals surface area contributed by atoms with Crippen molar-refractivity contribution < 1.29 is 4.39 Å². The van der Waals surface area contributed by atoms with E-state index in [0.29, 0.717) is 0 Å². The van der Waals surface area contributed by atoms with Crippen molar-refractivity contribution in [1.82, 2.24) is 10.3 Å². The molecule has 0 fully saturated rings. The lowest BCUT2D eigenvalue weighted by Crippen LogP contribution is -2.23. The van der Waals surface area contributed by atoms with Crippen LogP contribution in [0.1, 0.15) is 6.42 Å².